The van der Waals surface area contributed by atoms with Crippen LogP contribution in [-0.2, 0) is 12.0 Å². The molecule has 2 N–H and O–H groups in total. The summed E-state index contributed by atoms with van der Waals surface area (Å²) in [5, 5.41) is 9.54. The Morgan fingerprint density at radius 2 is 2.23 bits per heavy atom. The number of aromatic amines is 1. The van der Waals surface area contributed by atoms with Gasteiger partial charge >= 0.3 is 0 Å². The molecule has 1 unspecified atom stereocenters. The average molecular weight is 293 g/mol. The van der Waals surface area contributed by atoms with E-state index in [0.29, 0.717) is 5.41 Å². The molecule has 112 valence electrons. The number of rotatable bonds is 1. The van der Waals surface area contributed by atoms with Crippen molar-refractivity contribution in [2.45, 2.75) is 31.7 Å². The lowest BCUT2D eigenvalue weighted by atomic mass is 9.82. The largest absolute Gasteiger partial charge is 0.346 e. The lowest BCUT2D eigenvalue weighted by Gasteiger charge is -2.20. The first-order valence-corrected chi connectivity index (χ1v) is 7.98. The van der Waals surface area contributed by atoms with E-state index in [2.05, 4.69) is 39.0 Å². The zero-order valence-electron chi connectivity index (χ0n) is 12.7. The second-order valence-corrected chi connectivity index (χ2v) is 6.69. The molecule has 0 radical (unpaired) electrons. The van der Waals surface area contributed by atoms with E-state index in [4.69, 9.17) is 5.10 Å². The highest BCUT2D eigenvalue weighted by molar-refractivity contribution is 5.83. The zero-order valence-corrected chi connectivity index (χ0v) is 12.7. The first kappa shape index (κ1) is 12.4. The highest BCUT2D eigenvalue weighted by atomic mass is 15.3. The fourth-order valence-electron chi connectivity index (χ4n) is 4.05. The standard InChI is InChI=1S/C17H19N5/c1-11-8-19-16-13(11)6-12(9-20-16)14-7-15-17(2-4-18-10-17)3-5-22(15)21-14/h6-9,18H,2-5,10H2,1H3,(H,19,20). The van der Waals surface area contributed by atoms with Crippen LogP contribution in [0.5, 0.6) is 0 Å². The number of aromatic nitrogens is 4. The maximum absolute atomic E-state index is 4.84. The summed E-state index contributed by atoms with van der Waals surface area (Å²) in [6.07, 6.45) is 6.38. The number of aryl methyl sites for hydroxylation is 2. The first-order valence-electron chi connectivity index (χ1n) is 7.98. The van der Waals surface area contributed by atoms with Crippen LogP contribution in [0.2, 0.25) is 0 Å². The number of H-pyrrole nitrogens is 1. The summed E-state index contributed by atoms with van der Waals surface area (Å²) in [6, 6.07) is 4.48. The van der Waals surface area contributed by atoms with Gasteiger partial charge in [0, 0.05) is 47.5 Å². The van der Waals surface area contributed by atoms with Crippen molar-refractivity contribution in [3.8, 4) is 11.3 Å². The predicted molar refractivity (Wildman–Crippen MR) is 85.8 cm³/mol. The van der Waals surface area contributed by atoms with E-state index in [1.54, 1.807) is 0 Å². The van der Waals surface area contributed by atoms with Crippen LogP contribution in [0.4, 0.5) is 0 Å². The van der Waals surface area contributed by atoms with Crippen LogP contribution in [-0.4, -0.2) is 32.8 Å². The zero-order chi connectivity index (χ0) is 14.7. The molecule has 5 rings (SSSR count). The number of hydrogen-bond acceptors (Lipinski definition) is 3. The van der Waals surface area contributed by atoms with E-state index < -0.39 is 0 Å². The van der Waals surface area contributed by atoms with Crippen LogP contribution in [0, 0.1) is 6.92 Å². The van der Waals surface area contributed by atoms with Crippen molar-refractivity contribution in [1.82, 2.24) is 25.1 Å². The number of pyridine rings is 1. The van der Waals surface area contributed by atoms with Crippen LogP contribution in [0.1, 0.15) is 24.1 Å². The molecule has 0 amide bonds. The second kappa shape index (κ2) is 4.20. The van der Waals surface area contributed by atoms with E-state index >= 15 is 0 Å². The van der Waals surface area contributed by atoms with Gasteiger partial charge in [-0.3, -0.25) is 4.68 Å². The molecule has 1 fully saturated rings. The Bertz CT molecular complexity index is 866. The lowest BCUT2D eigenvalue weighted by Crippen LogP contribution is -2.25. The first-order chi connectivity index (χ1) is 10.8. The molecule has 3 aromatic heterocycles. The van der Waals surface area contributed by atoms with Gasteiger partial charge < -0.3 is 10.3 Å². The maximum atomic E-state index is 4.84. The molecule has 1 spiro atoms. The van der Waals surface area contributed by atoms with E-state index in [0.717, 1.165) is 36.5 Å². The van der Waals surface area contributed by atoms with E-state index in [9.17, 15) is 0 Å². The summed E-state index contributed by atoms with van der Waals surface area (Å²) in [5.74, 6) is 0. The normalized spacial score (nSPS) is 23.7. The van der Waals surface area contributed by atoms with Gasteiger partial charge in [0.25, 0.3) is 0 Å². The SMILES string of the molecule is Cc1c[nH]c2ncc(-c3cc4n(n3)CCC43CCNC3)cc12. The van der Waals surface area contributed by atoms with E-state index in [-0.39, 0.29) is 0 Å². The fraction of sp³-hybridized carbons (Fsp3) is 0.412. The molecule has 5 nitrogen and oxygen atoms in total. The Hall–Kier alpha value is -2.14. The molecule has 3 aromatic rings. The van der Waals surface area contributed by atoms with Gasteiger partial charge in [0.1, 0.15) is 5.65 Å². The third-order valence-corrected chi connectivity index (χ3v) is 5.40. The molecule has 22 heavy (non-hydrogen) atoms. The van der Waals surface area contributed by atoms with Crippen molar-refractivity contribution < 1.29 is 0 Å². The molecule has 5 heterocycles. The van der Waals surface area contributed by atoms with Crippen LogP contribution < -0.4 is 5.32 Å². The van der Waals surface area contributed by atoms with Crippen LogP contribution in [0.25, 0.3) is 22.3 Å². The molecule has 0 bridgehead atoms. The summed E-state index contributed by atoms with van der Waals surface area (Å²) < 4.78 is 2.20. The van der Waals surface area contributed by atoms with E-state index in [1.165, 1.54) is 29.5 Å². The van der Waals surface area contributed by atoms with Gasteiger partial charge in [0.15, 0.2) is 0 Å². The summed E-state index contributed by atoms with van der Waals surface area (Å²) in [5.41, 5.74) is 6.05. The summed E-state index contributed by atoms with van der Waals surface area (Å²) in [6.45, 7) is 5.36. The maximum Gasteiger partial charge on any atom is 0.137 e. The van der Waals surface area contributed by atoms with Crippen LogP contribution >= 0.6 is 0 Å². The molecule has 2 aliphatic rings. The van der Waals surface area contributed by atoms with E-state index in [1.807, 2.05) is 12.4 Å². The van der Waals surface area contributed by atoms with Crippen LogP contribution in [0.3, 0.4) is 0 Å². The number of nitrogens with zero attached hydrogens (tertiary/aromatic N) is 3. The van der Waals surface area contributed by atoms with Gasteiger partial charge in [-0.1, -0.05) is 0 Å². The average Bonchev–Trinajstić information content (AvgIpc) is 3.28. The molecule has 0 aliphatic carbocycles. The van der Waals surface area contributed by atoms with Gasteiger partial charge in [0.05, 0.1) is 5.69 Å². The molecule has 2 aliphatic heterocycles. The third kappa shape index (κ3) is 1.57. The number of hydrogen-bond donors (Lipinski definition) is 2. The molecule has 0 saturated carbocycles. The van der Waals surface area contributed by atoms with Gasteiger partial charge in [-0.25, -0.2) is 4.98 Å². The van der Waals surface area contributed by atoms with Crippen molar-refractivity contribution in [3.05, 3.63) is 35.8 Å². The van der Waals surface area contributed by atoms with Crippen molar-refractivity contribution in [1.29, 1.82) is 0 Å². The molecular formula is C17H19N5. The minimum absolute atomic E-state index is 0.312. The summed E-state index contributed by atoms with van der Waals surface area (Å²) in [7, 11) is 0. The highest BCUT2D eigenvalue weighted by Gasteiger charge is 2.42. The minimum atomic E-state index is 0.312. The number of fused-ring (bicyclic) bond motifs is 3. The van der Waals surface area contributed by atoms with Gasteiger partial charge in [0.2, 0.25) is 0 Å². The molecule has 1 atom stereocenters. The Labute approximate surface area is 128 Å². The topological polar surface area (TPSA) is 58.5 Å². The third-order valence-electron chi connectivity index (χ3n) is 5.40. The van der Waals surface area contributed by atoms with Crippen LogP contribution in [0.15, 0.2) is 24.5 Å². The smallest absolute Gasteiger partial charge is 0.137 e. The Kier molecular flexibility index (Phi) is 2.37. The second-order valence-electron chi connectivity index (χ2n) is 6.69. The molecule has 1 saturated heterocycles. The molecule has 5 heteroatoms. The van der Waals surface area contributed by atoms with Gasteiger partial charge in [-0.2, -0.15) is 5.10 Å². The van der Waals surface area contributed by atoms with Crippen molar-refractivity contribution >= 4 is 11.0 Å². The predicted octanol–water partition coefficient (Wildman–Crippen LogP) is 2.37. The van der Waals surface area contributed by atoms with Gasteiger partial charge in [-0.05, 0) is 44.0 Å². The van der Waals surface area contributed by atoms with Crippen molar-refractivity contribution in [2.24, 2.45) is 0 Å². The lowest BCUT2D eigenvalue weighted by molar-refractivity contribution is 0.467. The molecular weight excluding hydrogens is 274 g/mol. The Morgan fingerprint density at radius 3 is 3.09 bits per heavy atom. The monoisotopic (exact) mass is 293 g/mol. The quantitative estimate of drug-likeness (QED) is 0.724. The highest BCUT2D eigenvalue weighted by Crippen LogP contribution is 2.41. The van der Waals surface area contributed by atoms with Gasteiger partial charge in [-0.15, -0.1) is 0 Å². The van der Waals surface area contributed by atoms with Crippen molar-refractivity contribution in [3.63, 3.8) is 0 Å². The minimum Gasteiger partial charge on any atom is -0.346 e. The number of nitrogens with one attached hydrogen (secondary N) is 2. The summed E-state index contributed by atoms with van der Waals surface area (Å²) >= 11 is 0. The molecule has 0 aromatic carbocycles. The summed E-state index contributed by atoms with van der Waals surface area (Å²) in [4.78, 5) is 7.73. The fourth-order valence-corrected chi connectivity index (χ4v) is 4.05. The van der Waals surface area contributed by atoms with Crippen molar-refractivity contribution in [2.75, 3.05) is 13.1 Å². The Morgan fingerprint density at radius 1 is 1.27 bits per heavy atom. The Balaban J connectivity index is 1.62.